The molecule has 4 rings (SSSR count). The number of ether oxygens (including phenoxy) is 2. The van der Waals surface area contributed by atoms with E-state index in [0.717, 1.165) is 32.7 Å². The van der Waals surface area contributed by atoms with Crippen molar-refractivity contribution in [3.8, 4) is 5.75 Å². The molecule has 0 aliphatic carbocycles. The van der Waals surface area contributed by atoms with Crippen LogP contribution in [0.15, 0.2) is 78.9 Å². The van der Waals surface area contributed by atoms with Crippen LogP contribution < -0.4 is 0 Å². The highest BCUT2D eigenvalue weighted by Crippen LogP contribution is 2.43. The minimum atomic E-state index is -0.799. The number of hydrogen-bond acceptors (Lipinski definition) is 5. The smallest absolute Gasteiger partial charge is 0.312 e. The summed E-state index contributed by atoms with van der Waals surface area (Å²) < 4.78 is 11.9. The fourth-order valence-electron chi connectivity index (χ4n) is 5.66. The van der Waals surface area contributed by atoms with Crippen LogP contribution in [0.2, 0.25) is 0 Å². The second kappa shape index (κ2) is 12.2. The highest BCUT2D eigenvalue weighted by Gasteiger charge is 2.41. The molecule has 0 fully saturated rings. The Morgan fingerprint density at radius 2 is 1.31 bits per heavy atom. The van der Waals surface area contributed by atoms with Gasteiger partial charge in [-0.3, -0.25) is 9.59 Å². The summed E-state index contributed by atoms with van der Waals surface area (Å²) in [6, 6.07) is 25.6. The molecule has 0 radical (unpaired) electrons. The van der Waals surface area contributed by atoms with Gasteiger partial charge in [0.15, 0.2) is 0 Å². The van der Waals surface area contributed by atoms with Crippen molar-refractivity contribution in [2.24, 2.45) is 10.8 Å². The van der Waals surface area contributed by atoms with Gasteiger partial charge in [-0.15, -0.1) is 0 Å². The molecule has 0 saturated carbocycles. The first-order valence-corrected chi connectivity index (χ1v) is 14.8. The van der Waals surface area contributed by atoms with Crippen molar-refractivity contribution >= 4 is 33.5 Å². The molecule has 5 heteroatoms. The summed E-state index contributed by atoms with van der Waals surface area (Å²) in [5, 5.41) is 14.3. The Morgan fingerprint density at radius 3 is 1.83 bits per heavy atom. The van der Waals surface area contributed by atoms with Gasteiger partial charge in [0, 0.05) is 5.56 Å². The zero-order chi connectivity index (χ0) is 30.7. The Morgan fingerprint density at radius 1 is 0.762 bits per heavy atom. The van der Waals surface area contributed by atoms with Crippen molar-refractivity contribution in [1.82, 2.24) is 0 Å². The molecule has 42 heavy (non-hydrogen) atoms. The van der Waals surface area contributed by atoms with Gasteiger partial charge in [0.1, 0.15) is 18.0 Å². The molecule has 0 heterocycles. The van der Waals surface area contributed by atoms with E-state index in [9.17, 15) is 14.7 Å². The van der Waals surface area contributed by atoms with E-state index < -0.39 is 16.4 Å². The number of carbonyl (C=O) groups is 2. The Bertz CT molecular complexity index is 1510. The lowest BCUT2D eigenvalue weighted by molar-refractivity contribution is -0.166. The number of hydrogen-bond donors (Lipinski definition) is 1. The van der Waals surface area contributed by atoms with E-state index in [1.165, 1.54) is 0 Å². The lowest BCUT2D eigenvalue weighted by Gasteiger charge is -2.35. The molecule has 4 aromatic carbocycles. The molecule has 0 amide bonds. The van der Waals surface area contributed by atoms with E-state index >= 15 is 0 Å². The van der Waals surface area contributed by atoms with Crippen LogP contribution in [0, 0.1) is 10.8 Å². The number of phenols is 1. The standard InChI is InChI=1S/C37H44O5/c1-8-37(7,23-28(25-17-19-29(38)20-18-25)22-36(5,6)33(39)42-35(2,3)4)34(40)41-24-32-30-15-11-9-13-26(30)21-27-14-10-12-16-31(27)32/h9-21,28,38H,8,22-24H2,1-7H3. The molecule has 0 spiro atoms. The molecule has 222 valence electrons. The molecule has 5 nitrogen and oxygen atoms in total. The van der Waals surface area contributed by atoms with E-state index in [4.69, 9.17) is 9.47 Å². The first-order valence-electron chi connectivity index (χ1n) is 14.8. The third-order valence-corrected chi connectivity index (χ3v) is 8.27. The number of fused-ring (bicyclic) bond motifs is 2. The van der Waals surface area contributed by atoms with Crippen molar-refractivity contribution in [3.63, 3.8) is 0 Å². The number of carbonyl (C=O) groups excluding carboxylic acids is 2. The monoisotopic (exact) mass is 568 g/mol. The van der Waals surface area contributed by atoms with Gasteiger partial charge in [0.05, 0.1) is 10.8 Å². The Hall–Kier alpha value is -3.86. The average Bonchev–Trinajstić information content (AvgIpc) is 2.94. The molecular weight excluding hydrogens is 524 g/mol. The fraction of sp³-hybridized carbons (Fsp3) is 0.405. The zero-order valence-electron chi connectivity index (χ0n) is 26.0. The lowest BCUT2D eigenvalue weighted by atomic mass is 9.71. The molecule has 0 bridgehead atoms. The molecule has 0 aliphatic heterocycles. The molecule has 2 unspecified atom stereocenters. The van der Waals surface area contributed by atoms with Crippen molar-refractivity contribution in [2.75, 3.05) is 0 Å². The average molecular weight is 569 g/mol. The molecular formula is C37H44O5. The molecule has 0 aromatic heterocycles. The predicted molar refractivity (Wildman–Crippen MR) is 169 cm³/mol. The minimum absolute atomic E-state index is 0.149. The second-order valence-corrected chi connectivity index (χ2v) is 13.4. The van der Waals surface area contributed by atoms with E-state index in [-0.39, 0.29) is 30.2 Å². The van der Waals surface area contributed by atoms with E-state index in [2.05, 4.69) is 30.3 Å². The second-order valence-electron chi connectivity index (χ2n) is 13.4. The first kappa shape index (κ1) is 31.1. The van der Waals surface area contributed by atoms with E-state index in [0.29, 0.717) is 19.3 Å². The normalized spacial score (nSPS) is 14.4. The van der Waals surface area contributed by atoms with Crippen LogP contribution in [-0.2, 0) is 25.7 Å². The molecule has 0 saturated heterocycles. The molecule has 4 aromatic rings. The largest absolute Gasteiger partial charge is 0.508 e. The number of rotatable bonds is 10. The third-order valence-electron chi connectivity index (χ3n) is 8.27. The maximum absolute atomic E-state index is 13.9. The topological polar surface area (TPSA) is 72.8 Å². The maximum atomic E-state index is 13.9. The van der Waals surface area contributed by atoms with Crippen LogP contribution in [0.5, 0.6) is 5.75 Å². The van der Waals surface area contributed by atoms with E-state index in [1.807, 2.05) is 84.9 Å². The molecule has 1 N–H and O–H groups in total. The third kappa shape index (κ3) is 7.13. The van der Waals surface area contributed by atoms with Gasteiger partial charge < -0.3 is 14.6 Å². The summed E-state index contributed by atoms with van der Waals surface area (Å²) >= 11 is 0. The van der Waals surface area contributed by atoms with Crippen LogP contribution >= 0.6 is 0 Å². The van der Waals surface area contributed by atoms with Crippen LogP contribution in [0.4, 0.5) is 0 Å². The summed E-state index contributed by atoms with van der Waals surface area (Å²) in [7, 11) is 0. The number of esters is 2. The summed E-state index contributed by atoms with van der Waals surface area (Å²) in [5.41, 5.74) is -0.243. The number of aromatic hydroxyl groups is 1. The Balaban J connectivity index is 1.62. The van der Waals surface area contributed by atoms with Crippen molar-refractivity contribution in [1.29, 1.82) is 0 Å². The van der Waals surface area contributed by atoms with Gasteiger partial charge in [-0.25, -0.2) is 0 Å². The van der Waals surface area contributed by atoms with Crippen LogP contribution in [0.3, 0.4) is 0 Å². The lowest BCUT2D eigenvalue weighted by Crippen LogP contribution is -2.37. The van der Waals surface area contributed by atoms with Crippen molar-refractivity contribution in [2.45, 2.75) is 85.9 Å². The predicted octanol–water partition coefficient (Wildman–Crippen LogP) is 9.09. The van der Waals surface area contributed by atoms with E-state index in [1.54, 1.807) is 12.1 Å². The maximum Gasteiger partial charge on any atom is 0.312 e. The SMILES string of the molecule is CCC(C)(CC(CC(C)(C)C(=O)OC(C)(C)C)c1ccc(O)cc1)C(=O)OCc1c2ccccc2cc2ccccc12. The van der Waals surface area contributed by atoms with Gasteiger partial charge >= 0.3 is 11.9 Å². The Labute approximate surface area is 249 Å². The summed E-state index contributed by atoms with van der Waals surface area (Å²) in [6.45, 7) is 13.5. The highest BCUT2D eigenvalue weighted by atomic mass is 16.6. The first-order chi connectivity index (χ1) is 19.7. The quantitative estimate of drug-likeness (QED) is 0.153. The van der Waals surface area contributed by atoms with Crippen molar-refractivity contribution in [3.05, 3.63) is 90.0 Å². The van der Waals surface area contributed by atoms with Gasteiger partial charge in [-0.2, -0.15) is 0 Å². The fourth-order valence-corrected chi connectivity index (χ4v) is 5.66. The highest BCUT2D eigenvalue weighted by molar-refractivity contribution is 6.02. The van der Waals surface area contributed by atoms with Gasteiger partial charge in [0.2, 0.25) is 0 Å². The van der Waals surface area contributed by atoms with Crippen LogP contribution in [0.25, 0.3) is 21.5 Å². The number of benzene rings is 4. The molecule has 0 aliphatic rings. The van der Waals surface area contributed by atoms with Crippen LogP contribution in [-0.4, -0.2) is 22.6 Å². The Kier molecular flexibility index (Phi) is 9.01. The van der Waals surface area contributed by atoms with Gasteiger partial charge in [-0.1, -0.05) is 67.6 Å². The van der Waals surface area contributed by atoms with Gasteiger partial charge in [-0.05, 0) is 112 Å². The summed E-state index contributed by atoms with van der Waals surface area (Å²) in [5.74, 6) is -0.517. The summed E-state index contributed by atoms with van der Waals surface area (Å²) in [6.07, 6.45) is 1.53. The summed E-state index contributed by atoms with van der Waals surface area (Å²) in [4.78, 5) is 27.1. The minimum Gasteiger partial charge on any atom is -0.508 e. The number of phenolic OH excluding ortho intramolecular Hbond substituents is 1. The van der Waals surface area contributed by atoms with Crippen molar-refractivity contribution < 1.29 is 24.2 Å². The van der Waals surface area contributed by atoms with Gasteiger partial charge in [0.25, 0.3) is 0 Å². The molecule has 2 atom stereocenters. The zero-order valence-corrected chi connectivity index (χ0v) is 26.0. The van der Waals surface area contributed by atoms with Crippen LogP contribution in [0.1, 0.15) is 84.8 Å².